The monoisotopic (exact) mass is 358 g/mol. The van der Waals surface area contributed by atoms with Crippen molar-refractivity contribution in [1.82, 2.24) is 10.2 Å². The van der Waals surface area contributed by atoms with Crippen LogP contribution in [0.15, 0.2) is 91.0 Å². The van der Waals surface area contributed by atoms with E-state index in [2.05, 4.69) is 5.32 Å². The Morgan fingerprint density at radius 2 is 1.11 bits per heavy atom. The molecule has 1 N–H and O–H groups in total. The van der Waals surface area contributed by atoms with Gasteiger partial charge in [-0.1, -0.05) is 78.9 Å². The van der Waals surface area contributed by atoms with Gasteiger partial charge in [0.05, 0.1) is 6.54 Å². The molecule has 0 aliphatic rings. The van der Waals surface area contributed by atoms with E-state index in [1.165, 1.54) is 0 Å². The lowest BCUT2D eigenvalue weighted by molar-refractivity contribution is -0.121. The third-order valence-electron chi connectivity index (χ3n) is 4.15. The summed E-state index contributed by atoms with van der Waals surface area (Å²) in [6.45, 7) is 1.40. The highest BCUT2D eigenvalue weighted by Gasteiger charge is 2.15. The summed E-state index contributed by atoms with van der Waals surface area (Å²) in [7, 11) is 0. The minimum absolute atomic E-state index is 0.141. The first kappa shape index (κ1) is 18.5. The maximum Gasteiger partial charge on any atom is 0.257 e. The van der Waals surface area contributed by atoms with E-state index >= 15 is 0 Å². The van der Waals surface area contributed by atoms with Gasteiger partial charge in [0.25, 0.3) is 5.91 Å². The molecule has 2 amide bonds. The van der Waals surface area contributed by atoms with E-state index in [-0.39, 0.29) is 18.4 Å². The fourth-order valence-corrected chi connectivity index (χ4v) is 2.88. The standard InChI is InChI=1S/C23H22N2O2/c26-22(24-23(27)21-14-8-3-9-15-21)18-25(16-19-10-4-1-5-11-19)17-20-12-6-2-7-13-20/h1-15H,16-18H2,(H,24,26,27). The van der Waals surface area contributed by atoms with Crippen LogP contribution in [0.5, 0.6) is 0 Å². The van der Waals surface area contributed by atoms with Gasteiger partial charge in [0.15, 0.2) is 0 Å². The van der Waals surface area contributed by atoms with Gasteiger partial charge in [0.1, 0.15) is 0 Å². The van der Waals surface area contributed by atoms with Crippen LogP contribution < -0.4 is 5.32 Å². The largest absolute Gasteiger partial charge is 0.291 e. The fraction of sp³-hybridized carbons (Fsp3) is 0.130. The SMILES string of the molecule is O=C(CN(Cc1ccccc1)Cc1ccccc1)NC(=O)c1ccccc1. The summed E-state index contributed by atoms with van der Waals surface area (Å²) in [5.41, 5.74) is 2.72. The van der Waals surface area contributed by atoms with E-state index in [1.54, 1.807) is 24.3 Å². The molecule has 0 saturated carbocycles. The summed E-state index contributed by atoms with van der Waals surface area (Å²) in [4.78, 5) is 26.7. The van der Waals surface area contributed by atoms with Crippen LogP contribution in [0.4, 0.5) is 0 Å². The molecule has 0 aliphatic carbocycles. The number of benzene rings is 3. The number of nitrogens with one attached hydrogen (secondary N) is 1. The number of carbonyl (C=O) groups excluding carboxylic acids is 2. The van der Waals surface area contributed by atoms with Crippen molar-refractivity contribution in [3.8, 4) is 0 Å². The Kier molecular flexibility index (Phi) is 6.50. The fourth-order valence-electron chi connectivity index (χ4n) is 2.88. The Hall–Kier alpha value is -3.24. The number of nitrogens with zero attached hydrogens (tertiary/aromatic N) is 1. The zero-order valence-corrected chi connectivity index (χ0v) is 15.0. The number of hydrogen-bond acceptors (Lipinski definition) is 3. The van der Waals surface area contributed by atoms with Gasteiger partial charge in [-0.3, -0.25) is 19.8 Å². The molecule has 3 rings (SSSR count). The highest BCUT2D eigenvalue weighted by Crippen LogP contribution is 2.10. The topological polar surface area (TPSA) is 49.4 Å². The number of amides is 2. The predicted octanol–water partition coefficient (Wildman–Crippen LogP) is 3.65. The Labute approximate surface area is 159 Å². The van der Waals surface area contributed by atoms with Crippen LogP contribution in [0.3, 0.4) is 0 Å². The van der Waals surface area contributed by atoms with Crippen LogP contribution in [-0.2, 0) is 17.9 Å². The molecule has 4 heteroatoms. The molecular formula is C23H22N2O2. The summed E-state index contributed by atoms with van der Waals surface area (Å²) in [6, 6.07) is 28.8. The summed E-state index contributed by atoms with van der Waals surface area (Å²) >= 11 is 0. The lowest BCUT2D eigenvalue weighted by Gasteiger charge is -2.22. The summed E-state index contributed by atoms with van der Waals surface area (Å²) in [6.07, 6.45) is 0. The highest BCUT2D eigenvalue weighted by atomic mass is 16.2. The second-order valence-corrected chi connectivity index (χ2v) is 6.36. The third-order valence-corrected chi connectivity index (χ3v) is 4.15. The second kappa shape index (κ2) is 9.46. The molecule has 0 radical (unpaired) electrons. The molecule has 27 heavy (non-hydrogen) atoms. The van der Waals surface area contributed by atoms with Crippen molar-refractivity contribution in [3.05, 3.63) is 108 Å². The van der Waals surface area contributed by atoms with Gasteiger partial charge in [-0.2, -0.15) is 0 Å². The lowest BCUT2D eigenvalue weighted by Crippen LogP contribution is -2.39. The molecule has 136 valence electrons. The van der Waals surface area contributed by atoms with Gasteiger partial charge in [-0.15, -0.1) is 0 Å². The molecule has 0 fully saturated rings. The number of rotatable bonds is 7. The molecule has 0 bridgehead atoms. The first-order valence-corrected chi connectivity index (χ1v) is 8.90. The molecule has 0 unspecified atom stereocenters. The molecule has 0 aliphatic heterocycles. The third kappa shape index (κ3) is 5.90. The number of imide groups is 1. The Bertz CT molecular complexity index is 823. The van der Waals surface area contributed by atoms with Crippen LogP contribution >= 0.6 is 0 Å². The maximum atomic E-state index is 12.4. The number of carbonyl (C=O) groups is 2. The zero-order valence-electron chi connectivity index (χ0n) is 15.0. The van der Waals surface area contributed by atoms with E-state index < -0.39 is 0 Å². The molecule has 0 aromatic heterocycles. The quantitative estimate of drug-likeness (QED) is 0.701. The summed E-state index contributed by atoms with van der Waals surface area (Å²) in [5, 5.41) is 2.48. The van der Waals surface area contributed by atoms with Gasteiger partial charge in [0, 0.05) is 18.7 Å². The van der Waals surface area contributed by atoms with Gasteiger partial charge in [-0.25, -0.2) is 0 Å². The normalized spacial score (nSPS) is 10.6. The molecule has 3 aromatic rings. The molecule has 0 atom stereocenters. The minimum atomic E-state index is -0.375. The first-order chi connectivity index (χ1) is 13.2. The zero-order chi connectivity index (χ0) is 18.9. The van der Waals surface area contributed by atoms with Crippen molar-refractivity contribution in [2.75, 3.05) is 6.54 Å². The second-order valence-electron chi connectivity index (χ2n) is 6.36. The van der Waals surface area contributed by atoms with Crippen LogP contribution in [0, 0.1) is 0 Å². The van der Waals surface area contributed by atoms with E-state index in [9.17, 15) is 9.59 Å². The summed E-state index contributed by atoms with van der Waals surface area (Å²) in [5.74, 6) is -0.685. The molecule has 0 saturated heterocycles. The number of hydrogen-bond donors (Lipinski definition) is 1. The van der Waals surface area contributed by atoms with Crippen LogP contribution in [-0.4, -0.2) is 23.3 Å². The Morgan fingerprint density at radius 1 is 0.667 bits per heavy atom. The van der Waals surface area contributed by atoms with Gasteiger partial charge >= 0.3 is 0 Å². The average molecular weight is 358 g/mol. The van der Waals surface area contributed by atoms with Crippen molar-refractivity contribution >= 4 is 11.8 Å². The van der Waals surface area contributed by atoms with Crippen molar-refractivity contribution in [1.29, 1.82) is 0 Å². The highest BCUT2D eigenvalue weighted by molar-refractivity contribution is 6.05. The predicted molar refractivity (Wildman–Crippen MR) is 106 cm³/mol. The van der Waals surface area contributed by atoms with Gasteiger partial charge < -0.3 is 0 Å². The molecule has 0 heterocycles. The van der Waals surface area contributed by atoms with Crippen molar-refractivity contribution in [2.45, 2.75) is 13.1 Å². The Balaban J connectivity index is 1.66. The van der Waals surface area contributed by atoms with E-state index in [4.69, 9.17) is 0 Å². The Morgan fingerprint density at radius 3 is 1.59 bits per heavy atom. The van der Waals surface area contributed by atoms with Crippen LogP contribution in [0.1, 0.15) is 21.5 Å². The average Bonchev–Trinajstić information content (AvgIpc) is 2.70. The van der Waals surface area contributed by atoms with Crippen molar-refractivity contribution < 1.29 is 9.59 Å². The van der Waals surface area contributed by atoms with E-state index in [0.717, 1.165) is 11.1 Å². The van der Waals surface area contributed by atoms with Crippen molar-refractivity contribution in [2.24, 2.45) is 0 Å². The van der Waals surface area contributed by atoms with Crippen molar-refractivity contribution in [3.63, 3.8) is 0 Å². The van der Waals surface area contributed by atoms with E-state index in [0.29, 0.717) is 18.7 Å². The molecule has 0 spiro atoms. The maximum absolute atomic E-state index is 12.4. The van der Waals surface area contributed by atoms with Crippen LogP contribution in [0.2, 0.25) is 0 Å². The lowest BCUT2D eigenvalue weighted by atomic mass is 10.1. The smallest absolute Gasteiger partial charge is 0.257 e. The summed E-state index contributed by atoms with van der Waals surface area (Å²) < 4.78 is 0. The van der Waals surface area contributed by atoms with Gasteiger partial charge in [-0.05, 0) is 23.3 Å². The first-order valence-electron chi connectivity index (χ1n) is 8.90. The molecule has 3 aromatic carbocycles. The van der Waals surface area contributed by atoms with Gasteiger partial charge in [0.2, 0.25) is 5.91 Å². The molecule has 4 nitrogen and oxygen atoms in total. The van der Waals surface area contributed by atoms with E-state index in [1.807, 2.05) is 71.6 Å². The minimum Gasteiger partial charge on any atom is -0.291 e. The van der Waals surface area contributed by atoms with Crippen LogP contribution in [0.25, 0.3) is 0 Å². The molecular weight excluding hydrogens is 336 g/mol.